The van der Waals surface area contributed by atoms with Crippen molar-refractivity contribution >= 4 is 28.5 Å². The van der Waals surface area contributed by atoms with Crippen LogP contribution in [0.2, 0.25) is 0 Å². The lowest BCUT2D eigenvalue weighted by molar-refractivity contribution is 0.326. The zero-order valence-electron chi connectivity index (χ0n) is 11.5. The monoisotopic (exact) mass is 277 g/mol. The Kier molecular flexibility index (Phi) is 4.59. The number of aromatic nitrogens is 2. The van der Waals surface area contributed by atoms with Gasteiger partial charge in [0.05, 0.1) is 5.52 Å². The molecule has 1 aromatic heterocycles. The molecule has 1 heterocycles. The third kappa shape index (κ3) is 3.16. The summed E-state index contributed by atoms with van der Waals surface area (Å²) in [6.07, 6.45) is 3.95. The van der Waals surface area contributed by atoms with Crippen molar-refractivity contribution in [2.45, 2.75) is 26.7 Å². The standard InChI is InChI=1S/C15H20ClN3/c1-3-15(4-2,10-16)11-18-14-17-9-12-7-5-6-8-13(12)19-14/h5-9H,3-4,10-11H2,1-2H3,(H,17,18,19). The second kappa shape index (κ2) is 6.20. The van der Waals surface area contributed by atoms with E-state index in [0.717, 1.165) is 30.3 Å². The smallest absolute Gasteiger partial charge is 0.223 e. The van der Waals surface area contributed by atoms with Crippen molar-refractivity contribution in [3.8, 4) is 0 Å². The molecule has 0 aliphatic heterocycles. The van der Waals surface area contributed by atoms with Gasteiger partial charge in [-0.3, -0.25) is 0 Å². The van der Waals surface area contributed by atoms with Crippen LogP contribution in [0, 0.1) is 5.41 Å². The largest absolute Gasteiger partial charge is 0.354 e. The number of halogens is 1. The summed E-state index contributed by atoms with van der Waals surface area (Å²) in [5.74, 6) is 1.33. The first-order chi connectivity index (χ1) is 9.23. The van der Waals surface area contributed by atoms with Crippen molar-refractivity contribution in [2.75, 3.05) is 17.7 Å². The highest BCUT2D eigenvalue weighted by molar-refractivity contribution is 6.18. The Bertz CT molecular complexity index is 529. The van der Waals surface area contributed by atoms with Gasteiger partial charge in [0.15, 0.2) is 0 Å². The van der Waals surface area contributed by atoms with E-state index in [-0.39, 0.29) is 5.41 Å². The molecule has 1 N–H and O–H groups in total. The van der Waals surface area contributed by atoms with Gasteiger partial charge in [-0.1, -0.05) is 32.0 Å². The Morgan fingerprint density at radius 3 is 2.63 bits per heavy atom. The zero-order valence-corrected chi connectivity index (χ0v) is 12.2. The molecule has 0 amide bonds. The third-order valence-corrected chi connectivity index (χ3v) is 4.46. The van der Waals surface area contributed by atoms with Crippen molar-refractivity contribution in [3.63, 3.8) is 0 Å². The molecule has 0 fully saturated rings. The first kappa shape index (κ1) is 14.1. The lowest BCUT2D eigenvalue weighted by atomic mass is 9.84. The van der Waals surface area contributed by atoms with Crippen LogP contribution in [0.5, 0.6) is 0 Å². The highest BCUT2D eigenvalue weighted by Crippen LogP contribution is 2.28. The number of hydrogen-bond donors (Lipinski definition) is 1. The van der Waals surface area contributed by atoms with Crippen LogP contribution < -0.4 is 5.32 Å². The number of alkyl halides is 1. The van der Waals surface area contributed by atoms with Gasteiger partial charge in [-0.2, -0.15) is 0 Å². The molecular weight excluding hydrogens is 258 g/mol. The van der Waals surface area contributed by atoms with Gasteiger partial charge in [0, 0.05) is 29.4 Å². The van der Waals surface area contributed by atoms with E-state index in [9.17, 15) is 0 Å². The molecule has 0 bridgehead atoms. The fraction of sp³-hybridized carbons (Fsp3) is 0.467. The van der Waals surface area contributed by atoms with Gasteiger partial charge in [-0.05, 0) is 18.9 Å². The maximum Gasteiger partial charge on any atom is 0.223 e. The van der Waals surface area contributed by atoms with Crippen molar-refractivity contribution in [1.29, 1.82) is 0 Å². The fourth-order valence-electron chi connectivity index (χ4n) is 2.06. The zero-order chi connectivity index (χ0) is 13.7. The second-order valence-electron chi connectivity index (χ2n) is 4.95. The van der Waals surface area contributed by atoms with E-state index in [0.29, 0.717) is 11.8 Å². The summed E-state index contributed by atoms with van der Waals surface area (Å²) in [6.45, 7) is 5.16. The Morgan fingerprint density at radius 1 is 1.21 bits per heavy atom. The van der Waals surface area contributed by atoms with Crippen LogP contribution >= 0.6 is 11.6 Å². The van der Waals surface area contributed by atoms with Crippen LogP contribution in [0.1, 0.15) is 26.7 Å². The third-order valence-electron chi connectivity index (χ3n) is 3.89. The van der Waals surface area contributed by atoms with Crippen molar-refractivity contribution in [1.82, 2.24) is 9.97 Å². The summed E-state index contributed by atoms with van der Waals surface area (Å²) in [5, 5.41) is 4.38. The molecular formula is C15H20ClN3. The minimum Gasteiger partial charge on any atom is -0.354 e. The molecule has 2 rings (SSSR count). The van der Waals surface area contributed by atoms with E-state index in [2.05, 4.69) is 29.1 Å². The summed E-state index contributed by atoms with van der Waals surface area (Å²) in [7, 11) is 0. The lowest BCUT2D eigenvalue weighted by Crippen LogP contribution is -2.30. The lowest BCUT2D eigenvalue weighted by Gasteiger charge is -2.29. The maximum absolute atomic E-state index is 6.11. The molecule has 0 saturated carbocycles. The minimum absolute atomic E-state index is 0.122. The van der Waals surface area contributed by atoms with Crippen LogP contribution in [-0.4, -0.2) is 22.4 Å². The first-order valence-electron chi connectivity index (χ1n) is 6.74. The molecule has 0 unspecified atom stereocenters. The normalized spacial score (nSPS) is 11.7. The Balaban J connectivity index is 2.13. The number of hydrogen-bond acceptors (Lipinski definition) is 3. The first-order valence-corrected chi connectivity index (χ1v) is 7.28. The number of nitrogens with zero attached hydrogens (tertiary/aromatic N) is 2. The minimum atomic E-state index is 0.122. The van der Waals surface area contributed by atoms with Crippen molar-refractivity contribution in [2.24, 2.45) is 5.41 Å². The molecule has 0 aliphatic carbocycles. The fourth-order valence-corrected chi connectivity index (χ4v) is 2.53. The topological polar surface area (TPSA) is 37.8 Å². The Labute approximate surface area is 119 Å². The van der Waals surface area contributed by atoms with Gasteiger partial charge in [0.2, 0.25) is 5.95 Å². The molecule has 0 spiro atoms. The number of para-hydroxylation sites is 1. The van der Waals surface area contributed by atoms with Crippen LogP contribution in [0.3, 0.4) is 0 Å². The van der Waals surface area contributed by atoms with Crippen LogP contribution in [0.25, 0.3) is 10.9 Å². The second-order valence-corrected chi connectivity index (χ2v) is 5.21. The van der Waals surface area contributed by atoms with Gasteiger partial charge in [0.25, 0.3) is 0 Å². The molecule has 102 valence electrons. The van der Waals surface area contributed by atoms with Crippen molar-refractivity contribution in [3.05, 3.63) is 30.5 Å². The van der Waals surface area contributed by atoms with E-state index < -0.39 is 0 Å². The molecule has 0 atom stereocenters. The molecule has 0 aliphatic rings. The quantitative estimate of drug-likeness (QED) is 0.808. The van der Waals surface area contributed by atoms with Crippen LogP contribution in [0.15, 0.2) is 30.5 Å². The average Bonchev–Trinajstić information content (AvgIpc) is 2.49. The van der Waals surface area contributed by atoms with Crippen molar-refractivity contribution < 1.29 is 0 Å². The van der Waals surface area contributed by atoms with Gasteiger partial charge >= 0.3 is 0 Å². The van der Waals surface area contributed by atoms with Gasteiger partial charge in [-0.25, -0.2) is 9.97 Å². The van der Waals surface area contributed by atoms with Gasteiger partial charge < -0.3 is 5.32 Å². The highest BCUT2D eigenvalue weighted by atomic mass is 35.5. The number of rotatable bonds is 6. The molecule has 19 heavy (non-hydrogen) atoms. The van der Waals surface area contributed by atoms with Gasteiger partial charge in [0.1, 0.15) is 0 Å². The Hall–Kier alpha value is -1.35. The predicted molar refractivity (Wildman–Crippen MR) is 81.8 cm³/mol. The average molecular weight is 278 g/mol. The summed E-state index contributed by atoms with van der Waals surface area (Å²) < 4.78 is 0. The molecule has 0 saturated heterocycles. The van der Waals surface area contributed by atoms with E-state index in [1.165, 1.54) is 0 Å². The number of anilines is 1. The van der Waals surface area contributed by atoms with Crippen LogP contribution in [0.4, 0.5) is 5.95 Å². The van der Waals surface area contributed by atoms with Gasteiger partial charge in [-0.15, -0.1) is 11.6 Å². The summed E-state index contributed by atoms with van der Waals surface area (Å²) in [4.78, 5) is 8.86. The predicted octanol–water partition coefficient (Wildman–Crippen LogP) is 4.09. The van der Waals surface area contributed by atoms with Crippen LogP contribution in [-0.2, 0) is 0 Å². The van der Waals surface area contributed by atoms with E-state index in [1.807, 2.05) is 30.5 Å². The summed E-state index contributed by atoms with van der Waals surface area (Å²) in [6, 6.07) is 7.99. The van der Waals surface area contributed by atoms with E-state index in [4.69, 9.17) is 11.6 Å². The summed E-state index contributed by atoms with van der Waals surface area (Å²) in [5.41, 5.74) is 1.08. The number of fused-ring (bicyclic) bond motifs is 1. The molecule has 4 heteroatoms. The number of nitrogens with one attached hydrogen (secondary N) is 1. The Morgan fingerprint density at radius 2 is 1.95 bits per heavy atom. The molecule has 1 aromatic carbocycles. The molecule has 3 nitrogen and oxygen atoms in total. The highest BCUT2D eigenvalue weighted by Gasteiger charge is 2.25. The molecule has 0 radical (unpaired) electrons. The maximum atomic E-state index is 6.11. The molecule has 2 aromatic rings. The SMILES string of the molecule is CCC(CC)(CCl)CNc1ncc2ccccc2n1. The summed E-state index contributed by atoms with van der Waals surface area (Å²) >= 11 is 6.11. The van der Waals surface area contributed by atoms with E-state index >= 15 is 0 Å². The number of benzene rings is 1. The van der Waals surface area contributed by atoms with E-state index in [1.54, 1.807) is 0 Å².